The smallest absolute Gasteiger partial charge is 0.197 e. The van der Waals surface area contributed by atoms with Gasteiger partial charge in [-0.15, -0.1) is 0 Å². The Kier molecular flexibility index (Phi) is 2.97. The molecule has 6 rings (SSSR count). The van der Waals surface area contributed by atoms with Crippen molar-refractivity contribution in [2.75, 3.05) is 4.90 Å². The van der Waals surface area contributed by atoms with Gasteiger partial charge in [-0.2, -0.15) is 0 Å². The molecule has 28 heavy (non-hydrogen) atoms. The first-order valence-electron chi connectivity index (χ1n) is 8.97. The van der Waals surface area contributed by atoms with Gasteiger partial charge in [-0.05, 0) is 42.5 Å². The van der Waals surface area contributed by atoms with E-state index in [4.69, 9.17) is 4.74 Å². The molecular formula is C23H13N3O2. The molecule has 0 unspecified atom stereocenters. The van der Waals surface area contributed by atoms with Gasteiger partial charge in [-0.3, -0.25) is 14.8 Å². The summed E-state index contributed by atoms with van der Waals surface area (Å²) >= 11 is 0. The van der Waals surface area contributed by atoms with Crippen LogP contribution in [0.5, 0.6) is 11.5 Å². The lowest BCUT2D eigenvalue weighted by Crippen LogP contribution is -2.16. The van der Waals surface area contributed by atoms with Crippen molar-refractivity contribution in [2.45, 2.75) is 0 Å². The first-order valence-corrected chi connectivity index (χ1v) is 8.97. The van der Waals surface area contributed by atoms with Gasteiger partial charge in [0, 0.05) is 6.20 Å². The molecule has 0 saturated heterocycles. The van der Waals surface area contributed by atoms with Crippen LogP contribution in [0.25, 0.3) is 11.4 Å². The van der Waals surface area contributed by atoms with Gasteiger partial charge in [0.1, 0.15) is 11.4 Å². The molecule has 4 aromatic rings. The average molecular weight is 363 g/mol. The van der Waals surface area contributed by atoms with Crippen molar-refractivity contribution in [3.63, 3.8) is 0 Å². The fourth-order valence-electron chi connectivity index (χ4n) is 3.84. The number of nitrogens with zero attached hydrogens (tertiary/aromatic N) is 3. The van der Waals surface area contributed by atoms with Gasteiger partial charge in [-0.1, -0.05) is 24.3 Å². The molecule has 1 aliphatic carbocycles. The van der Waals surface area contributed by atoms with Gasteiger partial charge in [0.25, 0.3) is 0 Å². The molecule has 0 atom stereocenters. The van der Waals surface area contributed by atoms with Gasteiger partial charge in [0.15, 0.2) is 17.3 Å². The Morgan fingerprint density at radius 1 is 0.750 bits per heavy atom. The van der Waals surface area contributed by atoms with Crippen molar-refractivity contribution in [3.05, 3.63) is 90.3 Å². The number of anilines is 3. The Morgan fingerprint density at radius 3 is 2.18 bits per heavy atom. The van der Waals surface area contributed by atoms with E-state index in [1.807, 2.05) is 54.6 Å². The number of benzene rings is 2. The highest BCUT2D eigenvalue weighted by Crippen LogP contribution is 2.50. The summed E-state index contributed by atoms with van der Waals surface area (Å²) in [5, 5.41) is 0. The van der Waals surface area contributed by atoms with Crippen molar-refractivity contribution >= 4 is 22.8 Å². The summed E-state index contributed by atoms with van der Waals surface area (Å²) < 4.78 is 6.05. The summed E-state index contributed by atoms with van der Waals surface area (Å²) in [5.74, 6) is 1.48. The Morgan fingerprint density at radius 2 is 1.43 bits per heavy atom. The van der Waals surface area contributed by atoms with Crippen LogP contribution in [0.1, 0.15) is 15.9 Å². The number of hydrogen-bond donors (Lipinski definition) is 0. The third kappa shape index (κ3) is 1.98. The predicted octanol–water partition coefficient (Wildman–Crippen LogP) is 5.26. The minimum atomic E-state index is -0.0396. The van der Waals surface area contributed by atoms with E-state index >= 15 is 0 Å². The maximum Gasteiger partial charge on any atom is 0.197 e. The highest BCUT2D eigenvalue weighted by molar-refractivity contribution is 6.20. The van der Waals surface area contributed by atoms with Crippen LogP contribution in [0.3, 0.4) is 0 Å². The highest BCUT2D eigenvalue weighted by atomic mass is 16.5. The molecule has 0 spiro atoms. The van der Waals surface area contributed by atoms with Gasteiger partial charge < -0.3 is 9.64 Å². The lowest BCUT2D eigenvalue weighted by molar-refractivity contribution is 0.104. The fraction of sp³-hybridized carbons (Fsp3) is 0. The second-order valence-corrected chi connectivity index (χ2v) is 6.69. The lowest BCUT2D eigenvalue weighted by Gasteiger charge is -2.32. The third-order valence-corrected chi connectivity index (χ3v) is 5.08. The van der Waals surface area contributed by atoms with Crippen LogP contribution in [0.4, 0.5) is 17.1 Å². The number of pyridine rings is 2. The molecule has 0 bridgehead atoms. The number of ketones is 1. The molecule has 2 aromatic heterocycles. The SMILES string of the molecule is O=C1c2cccnc2-c2ncc(N3c4ccccc4Oc4ccccc43)cc21. The first kappa shape index (κ1) is 15.1. The average Bonchev–Trinajstić information content (AvgIpc) is 3.04. The summed E-state index contributed by atoms with van der Waals surface area (Å²) in [6.07, 6.45) is 3.47. The number of aromatic nitrogens is 2. The van der Waals surface area contributed by atoms with Crippen LogP contribution in [0, 0.1) is 0 Å². The maximum atomic E-state index is 12.9. The van der Waals surface area contributed by atoms with Crippen LogP contribution in [0.2, 0.25) is 0 Å². The molecule has 0 fully saturated rings. The summed E-state index contributed by atoms with van der Waals surface area (Å²) in [5.41, 5.74) is 5.09. The van der Waals surface area contributed by atoms with Gasteiger partial charge >= 0.3 is 0 Å². The van der Waals surface area contributed by atoms with Crippen molar-refractivity contribution in [1.29, 1.82) is 0 Å². The van der Waals surface area contributed by atoms with Crippen molar-refractivity contribution in [1.82, 2.24) is 9.97 Å². The number of carbonyl (C=O) groups excluding carboxylic acids is 1. The molecule has 0 N–H and O–H groups in total. The second-order valence-electron chi connectivity index (χ2n) is 6.69. The number of para-hydroxylation sites is 4. The Balaban J connectivity index is 1.57. The number of carbonyl (C=O) groups is 1. The third-order valence-electron chi connectivity index (χ3n) is 5.08. The van der Waals surface area contributed by atoms with E-state index in [9.17, 15) is 4.79 Å². The van der Waals surface area contributed by atoms with Crippen LogP contribution in [-0.2, 0) is 0 Å². The summed E-state index contributed by atoms with van der Waals surface area (Å²) in [6.45, 7) is 0. The second kappa shape index (κ2) is 5.50. The quantitative estimate of drug-likeness (QED) is 0.399. The molecule has 132 valence electrons. The summed E-state index contributed by atoms with van der Waals surface area (Å²) in [6, 6.07) is 21.1. The van der Waals surface area contributed by atoms with E-state index in [1.165, 1.54) is 0 Å². The fourth-order valence-corrected chi connectivity index (χ4v) is 3.84. The topological polar surface area (TPSA) is 55.3 Å². The maximum absolute atomic E-state index is 12.9. The Hall–Kier alpha value is -3.99. The van der Waals surface area contributed by atoms with Crippen LogP contribution in [0.15, 0.2) is 79.1 Å². The number of fused-ring (bicyclic) bond motifs is 5. The van der Waals surface area contributed by atoms with Crippen LogP contribution < -0.4 is 9.64 Å². The largest absolute Gasteiger partial charge is 0.453 e. The van der Waals surface area contributed by atoms with E-state index in [-0.39, 0.29) is 5.78 Å². The summed E-state index contributed by atoms with van der Waals surface area (Å²) in [4.78, 5) is 23.9. The van der Waals surface area contributed by atoms with Gasteiger partial charge in [0.05, 0.1) is 34.4 Å². The van der Waals surface area contributed by atoms with Crippen molar-refractivity contribution in [2.24, 2.45) is 0 Å². The zero-order valence-corrected chi connectivity index (χ0v) is 14.7. The molecule has 1 aliphatic heterocycles. The van der Waals surface area contributed by atoms with E-state index in [0.717, 1.165) is 28.6 Å². The van der Waals surface area contributed by atoms with E-state index in [0.29, 0.717) is 22.5 Å². The first-order chi connectivity index (χ1) is 13.8. The van der Waals surface area contributed by atoms with Gasteiger partial charge in [0.2, 0.25) is 0 Å². The van der Waals surface area contributed by atoms with E-state index < -0.39 is 0 Å². The van der Waals surface area contributed by atoms with Crippen molar-refractivity contribution in [3.8, 4) is 22.9 Å². The number of hydrogen-bond acceptors (Lipinski definition) is 5. The Bertz CT molecular complexity index is 1240. The predicted molar refractivity (Wildman–Crippen MR) is 106 cm³/mol. The van der Waals surface area contributed by atoms with Crippen LogP contribution >= 0.6 is 0 Å². The molecule has 5 heteroatoms. The summed E-state index contributed by atoms with van der Waals surface area (Å²) in [7, 11) is 0. The molecule has 2 aromatic carbocycles. The molecule has 0 saturated carbocycles. The Labute approximate surface area is 160 Å². The highest BCUT2D eigenvalue weighted by Gasteiger charge is 2.31. The van der Waals surface area contributed by atoms with Crippen LogP contribution in [-0.4, -0.2) is 15.8 Å². The molecule has 0 radical (unpaired) electrons. The number of rotatable bonds is 1. The molecular weight excluding hydrogens is 350 g/mol. The minimum absolute atomic E-state index is 0.0396. The molecule has 5 nitrogen and oxygen atoms in total. The molecule has 2 aliphatic rings. The van der Waals surface area contributed by atoms with Gasteiger partial charge in [-0.25, -0.2) is 0 Å². The zero-order chi connectivity index (χ0) is 18.7. The zero-order valence-electron chi connectivity index (χ0n) is 14.7. The lowest BCUT2D eigenvalue weighted by atomic mass is 10.1. The monoisotopic (exact) mass is 363 g/mol. The standard InChI is InChI=1S/C23H13N3O2/c27-23-15-6-5-11-24-21(15)22-16(23)12-14(13-25-22)26-17-7-1-3-9-19(17)28-20-10-4-2-8-18(20)26/h1-13H. The van der Waals surface area contributed by atoms with Crippen molar-refractivity contribution < 1.29 is 9.53 Å². The minimum Gasteiger partial charge on any atom is -0.453 e. The van der Waals surface area contributed by atoms with E-state index in [1.54, 1.807) is 24.5 Å². The molecule has 3 heterocycles. The number of ether oxygens (including phenoxy) is 1. The normalized spacial score (nSPS) is 13.3. The molecule has 0 amide bonds. The van der Waals surface area contributed by atoms with E-state index in [2.05, 4.69) is 14.9 Å².